The van der Waals surface area contributed by atoms with Gasteiger partial charge in [0.25, 0.3) is 11.8 Å². The van der Waals surface area contributed by atoms with Crippen molar-refractivity contribution in [2.75, 3.05) is 18.0 Å². The number of nitrogens with zero attached hydrogens (tertiary/aromatic N) is 4. The highest BCUT2D eigenvalue weighted by molar-refractivity contribution is 6.10. The average molecular weight is 445 g/mol. The van der Waals surface area contributed by atoms with Gasteiger partial charge in [-0.25, -0.2) is 9.37 Å². The summed E-state index contributed by atoms with van der Waals surface area (Å²) in [5, 5.41) is 8.72. The number of hydrogen-bond donors (Lipinski definition) is 1. The lowest BCUT2D eigenvalue weighted by molar-refractivity contribution is 0.0972. The summed E-state index contributed by atoms with van der Waals surface area (Å²) in [7, 11) is 0. The van der Waals surface area contributed by atoms with E-state index in [1.165, 1.54) is 12.1 Å². The zero-order chi connectivity index (χ0) is 22.9. The number of amides is 1. The van der Waals surface area contributed by atoms with E-state index in [4.69, 9.17) is 4.52 Å². The number of aryl methyl sites for hydroxylation is 2. The molecular weight excluding hydrogens is 421 g/mol. The van der Waals surface area contributed by atoms with E-state index in [-0.39, 0.29) is 17.8 Å². The van der Waals surface area contributed by atoms with Crippen LogP contribution in [-0.4, -0.2) is 40.2 Å². The average Bonchev–Trinajstić information content (AvgIpc) is 3.26. The first kappa shape index (κ1) is 21.2. The highest BCUT2D eigenvalue weighted by atomic mass is 19.1. The van der Waals surface area contributed by atoms with Crippen LogP contribution in [0.2, 0.25) is 0 Å². The molecule has 0 spiro atoms. The van der Waals surface area contributed by atoms with Crippen molar-refractivity contribution in [3.8, 4) is 11.5 Å². The summed E-state index contributed by atoms with van der Waals surface area (Å²) in [6, 6.07) is 11.8. The summed E-state index contributed by atoms with van der Waals surface area (Å²) in [5.74, 6) is 1.06. The topological polar surface area (TPSA) is 84.2 Å². The summed E-state index contributed by atoms with van der Waals surface area (Å²) in [4.78, 5) is 24.5. The van der Waals surface area contributed by atoms with Crippen LogP contribution in [0.25, 0.3) is 22.2 Å². The number of carbonyl (C=O) groups is 1. The predicted molar refractivity (Wildman–Crippen MR) is 124 cm³/mol. The first-order valence-corrected chi connectivity index (χ1v) is 11.0. The zero-order valence-corrected chi connectivity index (χ0v) is 18.5. The fraction of sp³-hybridized carbons (Fsp3) is 0.280. The normalized spacial score (nSPS) is 16.2. The van der Waals surface area contributed by atoms with E-state index in [1.807, 2.05) is 6.92 Å². The molecule has 8 heteroatoms. The number of benzene rings is 2. The molecule has 1 amide bonds. The quantitative estimate of drug-likeness (QED) is 0.500. The van der Waals surface area contributed by atoms with Crippen molar-refractivity contribution in [2.24, 2.45) is 0 Å². The minimum Gasteiger partial charge on any atom is -0.334 e. The first-order chi connectivity index (χ1) is 16.0. The van der Waals surface area contributed by atoms with Gasteiger partial charge in [-0.15, -0.1) is 0 Å². The summed E-state index contributed by atoms with van der Waals surface area (Å²) < 4.78 is 19.3. The molecule has 1 N–H and O–H groups in total. The summed E-state index contributed by atoms with van der Waals surface area (Å²) in [5.41, 5.74) is 2.02. The van der Waals surface area contributed by atoms with Crippen molar-refractivity contribution >= 4 is 22.5 Å². The predicted octanol–water partition coefficient (Wildman–Crippen LogP) is 4.44. The van der Waals surface area contributed by atoms with Crippen LogP contribution >= 0.6 is 0 Å². The van der Waals surface area contributed by atoms with E-state index in [9.17, 15) is 9.18 Å². The number of nitrogens with one attached hydrogen (secondary N) is 1. The van der Waals surface area contributed by atoms with E-state index < -0.39 is 0 Å². The van der Waals surface area contributed by atoms with Crippen LogP contribution < -0.4 is 10.2 Å². The molecule has 0 saturated carbocycles. The van der Waals surface area contributed by atoms with E-state index in [0.29, 0.717) is 29.6 Å². The monoisotopic (exact) mass is 445 g/mol. The van der Waals surface area contributed by atoms with Gasteiger partial charge in [0.05, 0.1) is 6.04 Å². The lowest BCUT2D eigenvalue weighted by Crippen LogP contribution is -2.49. The Morgan fingerprint density at radius 3 is 2.70 bits per heavy atom. The van der Waals surface area contributed by atoms with Crippen LogP contribution in [0.5, 0.6) is 0 Å². The molecule has 1 saturated heterocycles. The van der Waals surface area contributed by atoms with Crippen LogP contribution in [0.1, 0.15) is 34.6 Å². The molecule has 7 nitrogen and oxygen atoms in total. The molecule has 1 fully saturated rings. The Bertz CT molecular complexity index is 1310. The number of anilines is 1. The molecule has 2 aromatic carbocycles. The van der Waals surface area contributed by atoms with Gasteiger partial charge < -0.3 is 9.84 Å². The number of halogens is 1. The van der Waals surface area contributed by atoms with Crippen LogP contribution in [-0.2, 0) is 0 Å². The molecule has 1 aliphatic heterocycles. The maximum atomic E-state index is 14.1. The van der Waals surface area contributed by atoms with Crippen molar-refractivity contribution in [1.29, 1.82) is 0 Å². The first-order valence-electron chi connectivity index (χ1n) is 11.0. The molecule has 33 heavy (non-hydrogen) atoms. The van der Waals surface area contributed by atoms with Crippen molar-refractivity contribution < 1.29 is 13.7 Å². The lowest BCUT2D eigenvalue weighted by Gasteiger charge is -2.35. The maximum Gasteiger partial charge on any atom is 0.259 e. The smallest absolute Gasteiger partial charge is 0.259 e. The Balaban J connectivity index is 1.58. The molecule has 0 bridgehead atoms. The van der Waals surface area contributed by atoms with Crippen LogP contribution in [0.4, 0.5) is 10.2 Å². The number of piperidine rings is 1. The summed E-state index contributed by atoms with van der Waals surface area (Å²) in [6.07, 6.45) is 3.45. The molecule has 3 heterocycles. The molecule has 2 aromatic heterocycles. The van der Waals surface area contributed by atoms with Gasteiger partial charge in [-0.1, -0.05) is 5.16 Å². The molecule has 4 aromatic rings. The minimum atomic E-state index is -0.304. The SMILES string of the molecule is Cc1noc(-c2ccc(C(=O)N(c3nccc4cc(F)cc(C)c34)C3CCCNC3)cc2)n1. The van der Waals surface area contributed by atoms with Gasteiger partial charge in [0.15, 0.2) is 5.82 Å². The number of aromatic nitrogens is 3. The van der Waals surface area contributed by atoms with Crippen molar-refractivity contribution in [2.45, 2.75) is 32.7 Å². The lowest BCUT2D eigenvalue weighted by atomic mass is 10.0. The maximum absolute atomic E-state index is 14.1. The highest BCUT2D eigenvalue weighted by Crippen LogP contribution is 2.32. The fourth-order valence-electron chi connectivity index (χ4n) is 4.44. The van der Waals surface area contributed by atoms with Gasteiger partial charge in [-0.3, -0.25) is 9.69 Å². The van der Waals surface area contributed by atoms with Gasteiger partial charge in [0.2, 0.25) is 0 Å². The second kappa shape index (κ2) is 8.71. The van der Waals surface area contributed by atoms with E-state index in [2.05, 4.69) is 20.4 Å². The second-order valence-corrected chi connectivity index (χ2v) is 8.35. The van der Waals surface area contributed by atoms with Gasteiger partial charge in [0, 0.05) is 29.3 Å². The molecule has 5 rings (SSSR count). The number of carbonyl (C=O) groups excluding carboxylic acids is 1. The van der Waals surface area contributed by atoms with Crippen molar-refractivity contribution in [1.82, 2.24) is 20.4 Å². The largest absolute Gasteiger partial charge is 0.334 e. The Labute approximate surface area is 190 Å². The molecule has 1 aliphatic rings. The third-order valence-corrected chi connectivity index (χ3v) is 5.99. The van der Waals surface area contributed by atoms with E-state index in [1.54, 1.807) is 48.4 Å². The number of hydrogen-bond acceptors (Lipinski definition) is 6. The minimum absolute atomic E-state index is 0.0629. The Hall–Kier alpha value is -3.65. The molecule has 1 atom stereocenters. The van der Waals surface area contributed by atoms with Crippen molar-refractivity contribution in [3.63, 3.8) is 0 Å². The number of pyridine rings is 1. The Kier molecular flexibility index (Phi) is 5.60. The molecule has 168 valence electrons. The van der Waals surface area contributed by atoms with Crippen LogP contribution in [0, 0.1) is 19.7 Å². The van der Waals surface area contributed by atoms with Crippen LogP contribution in [0.3, 0.4) is 0 Å². The zero-order valence-electron chi connectivity index (χ0n) is 18.5. The fourth-order valence-corrected chi connectivity index (χ4v) is 4.44. The van der Waals surface area contributed by atoms with Crippen LogP contribution in [0.15, 0.2) is 53.2 Å². The van der Waals surface area contributed by atoms with Gasteiger partial charge >= 0.3 is 0 Å². The molecule has 0 aliphatic carbocycles. The second-order valence-electron chi connectivity index (χ2n) is 8.35. The number of rotatable bonds is 4. The Morgan fingerprint density at radius 1 is 1.18 bits per heavy atom. The van der Waals surface area contributed by atoms with Gasteiger partial charge in [-0.05, 0) is 86.6 Å². The summed E-state index contributed by atoms with van der Waals surface area (Å²) in [6.45, 7) is 5.19. The highest BCUT2D eigenvalue weighted by Gasteiger charge is 2.30. The Morgan fingerprint density at radius 2 is 2.00 bits per heavy atom. The standard InChI is InChI=1S/C25H24FN5O2/c1-15-12-20(26)13-19-9-11-28-23(22(15)19)31(21-4-3-10-27-14-21)25(32)18-7-5-17(6-8-18)24-29-16(2)30-33-24/h5-9,11-13,21,27H,3-4,10,14H2,1-2H3. The third kappa shape index (κ3) is 4.09. The molecule has 0 radical (unpaired) electrons. The van der Waals surface area contributed by atoms with Gasteiger partial charge in [0.1, 0.15) is 11.6 Å². The van der Waals surface area contributed by atoms with E-state index >= 15 is 0 Å². The third-order valence-electron chi connectivity index (χ3n) is 5.99. The number of fused-ring (bicyclic) bond motifs is 1. The summed E-state index contributed by atoms with van der Waals surface area (Å²) >= 11 is 0. The van der Waals surface area contributed by atoms with Crippen molar-refractivity contribution in [3.05, 3.63) is 71.4 Å². The van der Waals surface area contributed by atoms with Gasteiger partial charge in [-0.2, -0.15) is 4.98 Å². The van der Waals surface area contributed by atoms with E-state index in [0.717, 1.165) is 41.3 Å². The molecule has 1 unspecified atom stereocenters. The molecular formula is C25H24FN5O2.